The van der Waals surface area contributed by atoms with Crippen LogP contribution in [0, 0.1) is 0 Å². The Morgan fingerprint density at radius 2 is 1.83 bits per heavy atom. The third-order valence-electron chi connectivity index (χ3n) is 2.00. The molecule has 5 heteroatoms. The largest absolute Gasteiger partial charge is 0.508 e. The molecule has 1 rings (SSSR count). The zero-order valence-electron chi connectivity index (χ0n) is 11.0. The van der Waals surface area contributed by atoms with Crippen molar-refractivity contribution in [1.29, 1.82) is 0 Å². The molecule has 5 nitrogen and oxygen atoms in total. The summed E-state index contributed by atoms with van der Waals surface area (Å²) >= 11 is 0. The average molecular weight is 250 g/mol. The van der Waals surface area contributed by atoms with Crippen LogP contribution in [0.2, 0.25) is 0 Å². The van der Waals surface area contributed by atoms with E-state index in [-0.39, 0.29) is 5.75 Å². The molecule has 0 saturated heterocycles. The lowest BCUT2D eigenvalue weighted by molar-refractivity contribution is 0.0529. The number of ether oxygens (including phenoxy) is 1. The Labute approximate surface area is 106 Å². The van der Waals surface area contributed by atoms with Crippen molar-refractivity contribution in [2.45, 2.75) is 33.3 Å². The van der Waals surface area contributed by atoms with E-state index in [0.29, 0.717) is 5.71 Å². The number of hydrazone groups is 1. The van der Waals surface area contributed by atoms with Crippen molar-refractivity contribution in [2.24, 2.45) is 5.10 Å². The van der Waals surface area contributed by atoms with Crippen LogP contribution in [0.25, 0.3) is 0 Å². The highest BCUT2D eigenvalue weighted by molar-refractivity contribution is 5.99. The first-order valence-corrected chi connectivity index (χ1v) is 5.60. The summed E-state index contributed by atoms with van der Waals surface area (Å²) in [5, 5.41) is 13.1. The molecular weight excluding hydrogens is 232 g/mol. The van der Waals surface area contributed by atoms with Crippen LogP contribution in [-0.2, 0) is 4.74 Å². The Morgan fingerprint density at radius 1 is 1.28 bits per heavy atom. The van der Waals surface area contributed by atoms with Crippen LogP contribution in [0.3, 0.4) is 0 Å². The highest BCUT2D eigenvalue weighted by Gasteiger charge is 2.15. The number of nitrogens with one attached hydrogen (secondary N) is 1. The van der Waals surface area contributed by atoms with E-state index in [1.54, 1.807) is 52.0 Å². The first-order chi connectivity index (χ1) is 8.28. The lowest BCUT2D eigenvalue weighted by Gasteiger charge is -2.18. The molecule has 0 aromatic heterocycles. The number of aromatic hydroxyl groups is 1. The monoisotopic (exact) mass is 250 g/mol. The minimum atomic E-state index is -0.597. The van der Waals surface area contributed by atoms with Crippen molar-refractivity contribution in [3.63, 3.8) is 0 Å². The molecule has 1 amide bonds. The van der Waals surface area contributed by atoms with Gasteiger partial charge in [0, 0.05) is 0 Å². The third-order valence-corrected chi connectivity index (χ3v) is 2.00. The summed E-state index contributed by atoms with van der Waals surface area (Å²) in [7, 11) is 0. The molecule has 98 valence electrons. The van der Waals surface area contributed by atoms with Crippen LogP contribution in [0.1, 0.15) is 33.3 Å². The van der Waals surface area contributed by atoms with Crippen LogP contribution in [0.4, 0.5) is 4.79 Å². The molecule has 1 aromatic carbocycles. The maximum Gasteiger partial charge on any atom is 0.428 e. The summed E-state index contributed by atoms with van der Waals surface area (Å²) < 4.78 is 5.05. The van der Waals surface area contributed by atoms with Crippen molar-refractivity contribution in [1.82, 2.24) is 5.43 Å². The number of carbonyl (C=O) groups excluding carboxylic acids is 1. The van der Waals surface area contributed by atoms with E-state index in [0.717, 1.165) is 5.56 Å². The van der Waals surface area contributed by atoms with E-state index in [1.807, 2.05) is 0 Å². The fourth-order valence-electron chi connectivity index (χ4n) is 1.20. The first-order valence-electron chi connectivity index (χ1n) is 5.60. The summed E-state index contributed by atoms with van der Waals surface area (Å²) in [5.74, 6) is 0.187. The number of hydrogen-bond donors (Lipinski definition) is 2. The number of hydrogen-bond acceptors (Lipinski definition) is 4. The molecule has 0 unspecified atom stereocenters. The van der Waals surface area contributed by atoms with E-state index in [1.165, 1.54) is 0 Å². The summed E-state index contributed by atoms with van der Waals surface area (Å²) in [6, 6.07) is 6.54. The van der Waals surface area contributed by atoms with Crippen LogP contribution >= 0.6 is 0 Å². The molecule has 0 saturated carbocycles. The van der Waals surface area contributed by atoms with Crippen molar-refractivity contribution in [3.8, 4) is 5.75 Å². The molecule has 0 spiro atoms. The summed E-state index contributed by atoms with van der Waals surface area (Å²) in [4.78, 5) is 11.4. The van der Waals surface area contributed by atoms with Gasteiger partial charge in [-0.3, -0.25) is 0 Å². The van der Waals surface area contributed by atoms with Gasteiger partial charge < -0.3 is 9.84 Å². The molecule has 2 N–H and O–H groups in total. The second-order valence-electron chi connectivity index (χ2n) is 4.86. The number of benzene rings is 1. The number of nitrogens with zero attached hydrogens (tertiary/aromatic N) is 1. The lowest BCUT2D eigenvalue weighted by Crippen LogP contribution is -2.30. The zero-order valence-corrected chi connectivity index (χ0v) is 11.0. The minimum absolute atomic E-state index is 0.187. The molecule has 0 aliphatic rings. The van der Waals surface area contributed by atoms with Gasteiger partial charge in [0.2, 0.25) is 0 Å². The molecule has 0 fully saturated rings. The van der Waals surface area contributed by atoms with Crippen molar-refractivity contribution < 1.29 is 14.6 Å². The van der Waals surface area contributed by atoms with E-state index in [4.69, 9.17) is 9.84 Å². The van der Waals surface area contributed by atoms with Crippen molar-refractivity contribution in [2.75, 3.05) is 0 Å². The van der Waals surface area contributed by atoms with Crippen LogP contribution < -0.4 is 5.43 Å². The van der Waals surface area contributed by atoms with Crippen molar-refractivity contribution >= 4 is 11.8 Å². The molecule has 1 aromatic rings. The quantitative estimate of drug-likeness (QED) is 0.626. The highest BCUT2D eigenvalue weighted by Crippen LogP contribution is 2.10. The Balaban J connectivity index is 2.62. The van der Waals surface area contributed by atoms with Crippen LogP contribution in [0.5, 0.6) is 5.75 Å². The fraction of sp³-hybridized carbons (Fsp3) is 0.385. The lowest BCUT2D eigenvalue weighted by atomic mass is 10.1. The Hall–Kier alpha value is -2.04. The number of amides is 1. The maximum atomic E-state index is 11.4. The molecule has 0 aliphatic heterocycles. The standard InChI is InChI=1S/C13H18N2O3/c1-9(10-5-7-11(16)8-6-10)14-15-12(17)18-13(2,3)4/h5-8,16H,1-4H3,(H,15,17). The third kappa shape index (κ3) is 4.86. The van der Waals surface area contributed by atoms with Gasteiger partial charge in [-0.25, -0.2) is 10.2 Å². The number of phenolic OH excluding ortho intramolecular Hbond substituents is 1. The minimum Gasteiger partial charge on any atom is -0.508 e. The fourth-order valence-corrected chi connectivity index (χ4v) is 1.20. The second-order valence-corrected chi connectivity index (χ2v) is 4.86. The Kier molecular flexibility index (Phi) is 4.31. The molecular formula is C13H18N2O3. The van der Waals surface area contributed by atoms with Gasteiger partial charge in [0.25, 0.3) is 0 Å². The Bertz CT molecular complexity index is 444. The predicted molar refractivity (Wildman–Crippen MR) is 69.7 cm³/mol. The van der Waals surface area contributed by atoms with E-state index >= 15 is 0 Å². The molecule has 0 atom stereocenters. The molecule has 0 radical (unpaired) electrons. The molecule has 0 bridgehead atoms. The Morgan fingerprint density at radius 3 is 2.33 bits per heavy atom. The summed E-state index contributed by atoms with van der Waals surface area (Å²) in [6.45, 7) is 7.10. The molecule has 18 heavy (non-hydrogen) atoms. The maximum absolute atomic E-state index is 11.4. The van der Waals surface area contributed by atoms with Gasteiger partial charge in [0.1, 0.15) is 11.4 Å². The summed E-state index contributed by atoms with van der Waals surface area (Å²) in [6.07, 6.45) is -0.597. The van der Waals surface area contributed by atoms with Gasteiger partial charge in [-0.05, 0) is 57.5 Å². The van der Waals surface area contributed by atoms with Crippen LogP contribution in [-0.4, -0.2) is 22.5 Å². The topological polar surface area (TPSA) is 70.9 Å². The van der Waals surface area contributed by atoms with Gasteiger partial charge in [-0.1, -0.05) is 0 Å². The molecule has 0 heterocycles. The second kappa shape index (κ2) is 5.53. The smallest absolute Gasteiger partial charge is 0.428 e. The SMILES string of the molecule is CC(=NNC(=O)OC(C)(C)C)c1ccc(O)cc1. The molecule has 0 aliphatic carbocycles. The first kappa shape index (κ1) is 14.0. The van der Waals surface area contributed by atoms with E-state index in [9.17, 15) is 4.79 Å². The van der Waals surface area contributed by atoms with E-state index in [2.05, 4.69) is 10.5 Å². The van der Waals surface area contributed by atoms with Crippen molar-refractivity contribution in [3.05, 3.63) is 29.8 Å². The van der Waals surface area contributed by atoms with Gasteiger partial charge >= 0.3 is 6.09 Å². The van der Waals surface area contributed by atoms with E-state index < -0.39 is 11.7 Å². The summed E-state index contributed by atoms with van der Waals surface area (Å²) in [5.41, 5.74) is 3.20. The predicted octanol–water partition coefficient (Wildman–Crippen LogP) is 2.64. The number of rotatable bonds is 2. The number of carbonyl (C=O) groups is 1. The van der Waals surface area contributed by atoms with Crippen LogP contribution in [0.15, 0.2) is 29.4 Å². The highest BCUT2D eigenvalue weighted by atomic mass is 16.6. The van der Waals surface area contributed by atoms with Gasteiger partial charge in [-0.15, -0.1) is 0 Å². The number of phenols is 1. The normalized spacial score (nSPS) is 12.1. The van der Waals surface area contributed by atoms with Gasteiger partial charge in [0.05, 0.1) is 5.71 Å². The zero-order chi connectivity index (χ0) is 13.8. The van der Waals surface area contributed by atoms with Gasteiger partial charge in [0.15, 0.2) is 0 Å². The van der Waals surface area contributed by atoms with Gasteiger partial charge in [-0.2, -0.15) is 5.10 Å². The average Bonchev–Trinajstić information content (AvgIpc) is 2.24.